The van der Waals surface area contributed by atoms with Crippen LogP contribution < -0.4 is 9.80 Å². The molecule has 4 heteroatoms. The lowest BCUT2D eigenvalue weighted by atomic mass is 9.67. The van der Waals surface area contributed by atoms with Crippen molar-refractivity contribution < 1.29 is 0 Å². The van der Waals surface area contributed by atoms with Gasteiger partial charge in [-0.3, -0.25) is 0 Å². The molecule has 15 rings (SSSR count). The van der Waals surface area contributed by atoms with Gasteiger partial charge in [0.25, 0.3) is 0 Å². The number of hydrogen-bond acceptors (Lipinski definition) is 4. The van der Waals surface area contributed by atoms with E-state index in [0.717, 1.165) is 51.7 Å². The van der Waals surface area contributed by atoms with Crippen LogP contribution in [0.1, 0.15) is 45.5 Å². The largest absolute Gasteiger partial charge is 0.310 e. The first kappa shape index (κ1) is 42.2. The lowest BCUT2D eigenvalue weighted by Crippen LogP contribution is -2.28. The summed E-state index contributed by atoms with van der Waals surface area (Å²) >= 11 is 3.63. The predicted molar refractivity (Wildman–Crippen MR) is 316 cm³/mol. The molecule has 10 aromatic carbocycles. The molecule has 344 valence electrons. The van der Waals surface area contributed by atoms with Crippen LogP contribution in [-0.2, 0) is 5.41 Å². The van der Waals surface area contributed by atoms with E-state index in [1.165, 1.54) is 102 Å². The van der Waals surface area contributed by atoms with Crippen molar-refractivity contribution in [1.29, 1.82) is 0 Å². The highest BCUT2D eigenvalue weighted by Crippen LogP contribution is 2.67. The summed E-state index contributed by atoms with van der Waals surface area (Å²) < 4.78 is 3.83. The van der Waals surface area contributed by atoms with Crippen LogP contribution in [0.15, 0.2) is 237 Å². The van der Waals surface area contributed by atoms with E-state index in [1.807, 2.05) is 23.5 Å². The first-order chi connectivity index (χ1) is 36.1. The lowest BCUT2D eigenvalue weighted by molar-refractivity contribution is 0.788. The van der Waals surface area contributed by atoms with Crippen molar-refractivity contribution in [2.24, 2.45) is 0 Å². The van der Waals surface area contributed by atoms with Gasteiger partial charge in [-0.2, -0.15) is 0 Å². The highest BCUT2D eigenvalue weighted by Gasteiger charge is 2.54. The quantitative estimate of drug-likeness (QED) is 0.150. The van der Waals surface area contributed by atoms with Crippen molar-refractivity contribution in [2.75, 3.05) is 9.80 Å². The van der Waals surface area contributed by atoms with Crippen LogP contribution in [0.25, 0.3) is 80.7 Å². The van der Waals surface area contributed by atoms with Crippen molar-refractivity contribution in [2.45, 2.75) is 18.3 Å². The molecule has 0 amide bonds. The number of para-hydroxylation sites is 2. The molecule has 12 aromatic rings. The molecule has 0 N–H and O–H groups in total. The average Bonchev–Trinajstić information content (AvgIpc) is 4.18. The van der Waals surface area contributed by atoms with Crippen LogP contribution in [0.3, 0.4) is 0 Å². The minimum Gasteiger partial charge on any atom is -0.310 e. The Morgan fingerprint density at radius 2 is 1.10 bits per heavy atom. The number of anilines is 6. The van der Waals surface area contributed by atoms with Gasteiger partial charge in [0, 0.05) is 69.0 Å². The van der Waals surface area contributed by atoms with Gasteiger partial charge in [-0.05, 0) is 164 Å². The Morgan fingerprint density at radius 1 is 0.452 bits per heavy atom. The molecular formula is C69H46N2S2. The predicted octanol–water partition coefficient (Wildman–Crippen LogP) is 20.2. The third kappa shape index (κ3) is 6.03. The summed E-state index contributed by atoms with van der Waals surface area (Å²) in [4.78, 5) is 6.06. The molecule has 0 aliphatic heterocycles. The van der Waals surface area contributed by atoms with Gasteiger partial charge in [0.05, 0.1) is 11.1 Å². The summed E-state index contributed by atoms with van der Waals surface area (Å²) in [6.45, 7) is 8.34. The summed E-state index contributed by atoms with van der Waals surface area (Å²) in [5.74, 6) is 0. The molecule has 73 heavy (non-hydrogen) atoms. The maximum absolute atomic E-state index is 4.21. The van der Waals surface area contributed by atoms with Gasteiger partial charge in [0.2, 0.25) is 0 Å². The molecule has 0 fully saturated rings. The van der Waals surface area contributed by atoms with E-state index in [-0.39, 0.29) is 0 Å². The Bertz CT molecular complexity index is 4380. The van der Waals surface area contributed by atoms with E-state index in [4.69, 9.17) is 0 Å². The van der Waals surface area contributed by atoms with E-state index in [9.17, 15) is 0 Å². The fraction of sp³-hybridized carbons (Fsp3) is 0.0435. The van der Waals surface area contributed by atoms with E-state index < -0.39 is 5.41 Å². The van der Waals surface area contributed by atoms with E-state index in [0.29, 0.717) is 0 Å². The molecule has 3 aliphatic carbocycles. The number of rotatable bonds is 8. The normalized spacial score (nSPS) is 15.3. The lowest BCUT2D eigenvalue weighted by Gasteiger charge is -2.35. The SMILES string of the molecule is C=Cc1sc2ccc(N(c3ccccc3)c3ccc4c5c(ccc4c3)-c3c(cc(N(c4ccccc4)c4ccc6sc7ccccc7c6c4)c4ccccc34)C53C4=C(CCC=C4)c4ccccc43)cc2c1C=C. The molecule has 0 radical (unpaired) electrons. The van der Waals surface area contributed by atoms with Crippen LogP contribution in [0.2, 0.25) is 0 Å². The minimum atomic E-state index is -0.573. The maximum Gasteiger partial charge on any atom is 0.0729 e. The van der Waals surface area contributed by atoms with E-state index >= 15 is 0 Å². The molecule has 0 bridgehead atoms. The molecule has 1 atom stereocenters. The topological polar surface area (TPSA) is 6.48 Å². The van der Waals surface area contributed by atoms with E-state index in [1.54, 1.807) is 11.3 Å². The molecule has 2 aromatic heterocycles. The van der Waals surface area contributed by atoms with Crippen molar-refractivity contribution in [3.05, 3.63) is 270 Å². The van der Waals surface area contributed by atoms with Crippen LogP contribution in [0, 0.1) is 0 Å². The van der Waals surface area contributed by atoms with Gasteiger partial charge >= 0.3 is 0 Å². The van der Waals surface area contributed by atoms with Gasteiger partial charge in [-0.1, -0.05) is 159 Å². The zero-order valence-electron chi connectivity index (χ0n) is 40.0. The molecule has 1 unspecified atom stereocenters. The number of allylic oxidation sites excluding steroid dienone is 4. The summed E-state index contributed by atoms with van der Waals surface area (Å²) in [6, 6.07) is 77.6. The smallest absolute Gasteiger partial charge is 0.0729 e. The fourth-order valence-electron chi connectivity index (χ4n) is 12.9. The minimum absolute atomic E-state index is 0.573. The highest BCUT2D eigenvalue weighted by molar-refractivity contribution is 7.25. The summed E-state index contributed by atoms with van der Waals surface area (Å²) in [5, 5.41) is 8.73. The maximum atomic E-state index is 4.21. The molecule has 2 nitrogen and oxygen atoms in total. The molecule has 0 saturated heterocycles. The first-order valence-corrected chi connectivity index (χ1v) is 26.8. The molecule has 2 heterocycles. The van der Waals surface area contributed by atoms with Gasteiger partial charge in [0.1, 0.15) is 0 Å². The Kier molecular flexibility index (Phi) is 9.38. The van der Waals surface area contributed by atoms with Gasteiger partial charge in [-0.15, -0.1) is 22.7 Å². The molecule has 3 aliphatic rings. The van der Waals surface area contributed by atoms with Crippen molar-refractivity contribution in [3.8, 4) is 11.1 Å². The average molecular weight is 967 g/mol. The number of benzene rings is 10. The summed E-state index contributed by atoms with van der Waals surface area (Å²) in [6.07, 6.45) is 10.9. The second-order valence-electron chi connectivity index (χ2n) is 19.5. The van der Waals surface area contributed by atoms with E-state index in [2.05, 4.69) is 241 Å². The van der Waals surface area contributed by atoms with Crippen LogP contribution in [-0.4, -0.2) is 0 Å². The monoisotopic (exact) mass is 966 g/mol. The standard InChI is InChI=1S/C69H46N2S2/c1-3-49-57-40-47(33-37-65(57)72-63(49)4-2)70(44-19-7-5-8-20-44)46-32-36-50-43(39-46)31-35-56-67-55-27-12-11-25-53(55)62(42-61(67)69(68(50)56)59-28-16-13-23-51(59)52-24-14-17-29-60(52)69)71(45-21-9-6-10-22-45)48-34-38-66-58(41-48)54-26-15-18-30-64(54)73-66/h3-13,15-23,25-42H,1-2,14,24H2. The van der Waals surface area contributed by atoms with Crippen LogP contribution >= 0.6 is 22.7 Å². The first-order valence-electron chi connectivity index (χ1n) is 25.2. The highest BCUT2D eigenvalue weighted by atomic mass is 32.1. The zero-order valence-corrected chi connectivity index (χ0v) is 41.6. The number of hydrogen-bond donors (Lipinski definition) is 0. The Labute approximate surface area is 432 Å². The Balaban J connectivity index is 1.00. The van der Waals surface area contributed by atoms with Crippen LogP contribution in [0.5, 0.6) is 0 Å². The molecule has 0 saturated carbocycles. The number of nitrogens with zero attached hydrogens (tertiary/aromatic N) is 2. The molecule has 1 spiro atoms. The van der Waals surface area contributed by atoms with Gasteiger partial charge in [-0.25, -0.2) is 0 Å². The second kappa shape index (κ2) is 16.2. The van der Waals surface area contributed by atoms with Gasteiger partial charge < -0.3 is 9.80 Å². The number of fused-ring (bicyclic) bond motifs is 17. The Morgan fingerprint density at radius 3 is 1.89 bits per heavy atom. The summed E-state index contributed by atoms with van der Waals surface area (Å²) in [5.41, 5.74) is 18.2. The van der Waals surface area contributed by atoms with Gasteiger partial charge in [0.15, 0.2) is 0 Å². The third-order valence-corrected chi connectivity index (χ3v) is 18.2. The van der Waals surface area contributed by atoms with Crippen molar-refractivity contribution in [3.63, 3.8) is 0 Å². The van der Waals surface area contributed by atoms with Crippen molar-refractivity contribution in [1.82, 2.24) is 0 Å². The molecular weight excluding hydrogens is 921 g/mol. The Hall–Kier alpha value is -8.54. The fourth-order valence-corrected chi connectivity index (χ4v) is 15.0. The van der Waals surface area contributed by atoms with Crippen LogP contribution in [0.4, 0.5) is 34.1 Å². The summed E-state index contributed by atoms with van der Waals surface area (Å²) in [7, 11) is 0. The third-order valence-electron chi connectivity index (χ3n) is 15.8. The zero-order chi connectivity index (χ0) is 48.4. The number of thiophene rings is 2. The van der Waals surface area contributed by atoms with Crippen molar-refractivity contribution >= 4 is 126 Å². The second-order valence-corrected chi connectivity index (χ2v) is 21.6.